The van der Waals surface area contributed by atoms with E-state index in [9.17, 15) is 9.59 Å². The van der Waals surface area contributed by atoms with Gasteiger partial charge in [0.05, 0.1) is 11.3 Å². The molecule has 5 heteroatoms. The molecule has 0 saturated carbocycles. The van der Waals surface area contributed by atoms with Crippen molar-refractivity contribution >= 4 is 33.5 Å². The van der Waals surface area contributed by atoms with Crippen LogP contribution in [-0.2, 0) is 4.79 Å². The quantitative estimate of drug-likeness (QED) is 0.742. The molecule has 0 spiro atoms. The maximum absolute atomic E-state index is 11.7. The standard InChI is InChI=1S/C14H18BrNO3/c1-2-3-4-5-6-13(17)16-12-9-10(15)7-8-11(12)14(18)19/h7-9H,2-6H2,1H3,(H,16,17)(H,18,19). The van der Waals surface area contributed by atoms with Gasteiger partial charge < -0.3 is 10.4 Å². The van der Waals surface area contributed by atoms with Crippen molar-refractivity contribution in [2.45, 2.75) is 39.0 Å². The Bertz CT molecular complexity index is 460. The summed E-state index contributed by atoms with van der Waals surface area (Å²) in [5, 5.41) is 11.7. The summed E-state index contributed by atoms with van der Waals surface area (Å²) in [4.78, 5) is 22.8. The summed E-state index contributed by atoms with van der Waals surface area (Å²) >= 11 is 3.26. The molecule has 0 aromatic heterocycles. The largest absolute Gasteiger partial charge is 0.478 e. The monoisotopic (exact) mass is 327 g/mol. The lowest BCUT2D eigenvalue weighted by molar-refractivity contribution is -0.116. The number of carboxylic acid groups (broad SMARTS) is 1. The van der Waals surface area contributed by atoms with E-state index in [0.29, 0.717) is 12.1 Å². The van der Waals surface area contributed by atoms with Gasteiger partial charge in [-0.25, -0.2) is 4.79 Å². The molecule has 0 unspecified atom stereocenters. The smallest absolute Gasteiger partial charge is 0.337 e. The van der Waals surface area contributed by atoms with Crippen molar-refractivity contribution in [2.24, 2.45) is 0 Å². The molecule has 4 nitrogen and oxygen atoms in total. The van der Waals surface area contributed by atoms with Crippen molar-refractivity contribution in [2.75, 3.05) is 5.32 Å². The molecular formula is C14H18BrNO3. The number of halogens is 1. The molecule has 0 aliphatic heterocycles. The molecule has 1 aromatic carbocycles. The molecule has 0 bridgehead atoms. The summed E-state index contributed by atoms with van der Waals surface area (Å²) in [5.74, 6) is -1.19. The number of nitrogens with one attached hydrogen (secondary N) is 1. The Balaban J connectivity index is 2.62. The summed E-state index contributed by atoms with van der Waals surface area (Å²) in [6.07, 6.45) is 4.51. The molecule has 0 radical (unpaired) electrons. The minimum atomic E-state index is -1.05. The Morgan fingerprint density at radius 1 is 1.26 bits per heavy atom. The van der Waals surface area contributed by atoms with Gasteiger partial charge in [0, 0.05) is 10.9 Å². The Hall–Kier alpha value is -1.36. The summed E-state index contributed by atoms with van der Waals surface area (Å²) < 4.78 is 0.735. The topological polar surface area (TPSA) is 66.4 Å². The van der Waals surface area contributed by atoms with Crippen LogP contribution in [0.4, 0.5) is 5.69 Å². The molecule has 0 atom stereocenters. The number of aromatic carboxylic acids is 1. The van der Waals surface area contributed by atoms with E-state index in [1.807, 2.05) is 0 Å². The van der Waals surface area contributed by atoms with Crippen LogP contribution in [-0.4, -0.2) is 17.0 Å². The molecule has 0 heterocycles. The van der Waals surface area contributed by atoms with Gasteiger partial charge in [0.25, 0.3) is 0 Å². The average molecular weight is 328 g/mol. The lowest BCUT2D eigenvalue weighted by Gasteiger charge is -2.09. The Morgan fingerprint density at radius 3 is 2.63 bits per heavy atom. The first-order valence-electron chi connectivity index (χ1n) is 6.37. The van der Waals surface area contributed by atoms with Crippen LogP contribution in [0.1, 0.15) is 49.4 Å². The van der Waals surface area contributed by atoms with Crippen LogP contribution in [0.25, 0.3) is 0 Å². The first-order valence-corrected chi connectivity index (χ1v) is 7.16. The average Bonchev–Trinajstić information content (AvgIpc) is 2.34. The third-order valence-electron chi connectivity index (χ3n) is 2.74. The van der Waals surface area contributed by atoms with Crippen LogP contribution in [0.3, 0.4) is 0 Å². The summed E-state index contributed by atoms with van der Waals surface area (Å²) in [5.41, 5.74) is 0.437. The van der Waals surface area contributed by atoms with Crippen molar-refractivity contribution in [3.8, 4) is 0 Å². The lowest BCUT2D eigenvalue weighted by atomic mass is 10.1. The van der Waals surface area contributed by atoms with Crippen LogP contribution >= 0.6 is 15.9 Å². The zero-order valence-corrected chi connectivity index (χ0v) is 12.5. The molecule has 2 N–H and O–H groups in total. The third kappa shape index (κ3) is 5.42. The molecule has 1 aromatic rings. The van der Waals surface area contributed by atoms with Gasteiger partial charge in [-0.2, -0.15) is 0 Å². The highest BCUT2D eigenvalue weighted by Crippen LogP contribution is 2.22. The van der Waals surface area contributed by atoms with Crippen LogP contribution < -0.4 is 5.32 Å². The van der Waals surface area contributed by atoms with Gasteiger partial charge in [-0.15, -0.1) is 0 Å². The van der Waals surface area contributed by atoms with E-state index in [-0.39, 0.29) is 11.5 Å². The number of carboxylic acids is 1. The fraction of sp³-hybridized carbons (Fsp3) is 0.429. The maximum Gasteiger partial charge on any atom is 0.337 e. The van der Waals surface area contributed by atoms with E-state index in [1.54, 1.807) is 12.1 Å². The number of benzene rings is 1. The van der Waals surface area contributed by atoms with Crippen molar-refractivity contribution < 1.29 is 14.7 Å². The van der Waals surface area contributed by atoms with E-state index in [2.05, 4.69) is 28.2 Å². The van der Waals surface area contributed by atoms with Crippen molar-refractivity contribution in [3.63, 3.8) is 0 Å². The number of hydrogen-bond acceptors (Lipinski definition) is 2. The van der Waals surface area contributed by atoms with Crippen LogP contribution in [0.2, 0.25) is 0 Å². The third-order valence-corrected chi connectivity index (χ3v) is 3.24. The number of unbranched alkanes of at least 4 members (excludes halogenated alkanes) is 3. The molecule has 0 fully saturated rings. The normalized spacial score (nSPS) is 10.2. The van der Waals surface area contributed by atoms with Gasteiger partial charge in [-0.05, 0) is 24.6 Å². The number of anilines is 1. The van der Waals surface area contributed by atoms with Gasteiger partial charge in [-0.3, -0.25) is 4.79 Å². The highest BCUT2D eigenvalue weighted by Gasteiger charge is 2.12. The predicted molar refractivity (Wildman–Crippen MR) is 78.5 cm³/mol. The van der Waals surface area contributed by atoms with Gasteiger partial charge in [0.2, 0.25) is 5.91 Å². The molecule has 0 aliphatic carbocycles. The molecule has 104 valence electrons. The van der Waals surface area contributed by atoms with Gasteiger partial charge in [0.1, 0.15) is 0 Å². The summed E-state index contributed by atoms with van der Waals surface area (Å²) in [7, 11) is 0. The summed E-state index contributed by atoms with van der Waals surface area (Å²) in [6.45, 7) is 2.11. The summed E-state index contributed by atoms with van der Waals surface area (Å²) in [6, 6.07) is 4.72. The molecular weight excluding hydrogens is 310 g/mol. The van der Waals surface area contributed by atoms with Gasteiger partial charge in [0.15, 0.2) is 0 Å². The van der Waals surface area contributed by atoms with Crippen LogP contribution in [0.15, 0.2) is 22.7 Å². The fourth-order valence-electron chi connectivity index (χ4n) is 1.73. The molecule has 1 rings (SSSR count). The van der Waals surface area contributed by atoms with E-state index in [4.69, 9.17) is 5.11 Å². The number of rotatable bonds is 7. The van der Waals surface area contributed by atoms with Crippen molar-refractivity contribution in [1.82, 2.24) is 0 Å². The predicted octanol–water partition coefficient (Wildman–Crippen LogP) is 4.06. The van der Waals surface area contributed by atoms with Crippen molar-refractivity contribution in [3.05, 3.63) is 28.2 Å². The SMILES string of the molecule is CCCCCCC(=O)Nc1cc(Br)ccc1C(=O)O. The Morgan fingerprint density at radius 2 is 2.00 bits per heavy atom. The van der Waals surface area contributed by atoms with Crippen molar-refractivity contribution in [1.29, 1.82) is 0 Å². The van der Waals surface area contributed by atoms with E-state index < -0.39 is 5.97 Å². The lowest BCUT2D eigenvalue weighted by Crippen LogP contribution is -2.14. The minimum Gasteiger partial charge on any atom is -0.478 e. The molecule has 19 heavy (non-hydrogen) atoms. The highest BCUT2D eigenvalue weighted by molar-refractivity contribution is 9.10. The minimum absolute atomic E-state index is 0.102. The number of carbonyl (C=O) groups is 2. The highest BCUT2D eigenvalue weighted by atomic mass is 79.9. The molecule has 1 amide bonds. The zero-order valence-electron chi connectivity index (χ0n) is 10.9. The number of amides is 1. The Kier molecular flexibility index (Phi) is 6.56. The maximum atomic E-state index is 11.7. The molecule has 0 aliphatic rings. The zero-order chi connectivity index (χ0) is 14.3. The number of carbonyl (C=O) groups excluding carboxylic acids is 1. The van der Waals surface area contributed by atoms with E-state index in [0.717, 1.165) is 30.2 Å². The van der Waals surface area contributed by atoms with E-state index in [1.165, 1.54) is 6.07 Å². The second kappa shape index (κ2) is 7.94. The second-order valence-electron chi connectivity index (χ2n) is 4.35. The van der Waals surface area contributed by atoms with Crippen LogP contribution in [0, 0.1) is 0 Å². The van der Waals surface area contributed by atoms with Crippen LogP contribution in [0.5, 0.6) is 0 Å². The van der Waals surface area contributed by atoms with E-state index >= 15 is 0 Å². The Labute approximate surface area is 121 Å². The fourth-order valence-corrected chi connectivity index (χ4v) is 2.09. The first kappa shape index (κ1) is 15.7. The number of hydrogen-bond donors (Lipinski definition) is 2. The van der Waals surface area contributed by atoms with Gasteiger partial charge >= 0.3 is 5.97 Å². The second-order valence-corrected chi connectivity index (χ2v) is 5.27. The van der Waals surface area contributed by atoms with Gasteiger partial charge in [-0.1, -0.05) is 42.1 Å². The molecule has 0 saturated heterocycles. The first-order chi connectivity index (χ1) is 9.04.